The van der Waals surface area contributed by atoms with Crippen LogP contribution >= 0.6 is 0 Å². The van der Waals surface area contributed by atoms with Crippen molar-refractivity contribution < 1.29 is 30.6 Å². The zero-order chi connectivity index (χ0) is 29.9. The molecule has 0 saturated carbocycles. The van der Waals surface area contributed by atoms with Gasteiger partial charge in [-0.15, -0.1) is 35.9 Å². The number of aromatic hydroxyl groups is 1. The SMILES string of the molecule is Oc1ccc2c(oc3c(-c4ccccc4)cccc32)c1-c1ccc2c3ccccc3n(-c3cccc(-c4[c-]cccc4)n3)c2n1.[Pt]. The zero-order valence-corrected chi connectivity index (χ0v) is 26.6. The van der Waals surface area contributed by atoms with Gasteiger partial charge in [-0.05, 0) is 47.7 Å². The Morgan fingerprint density at radius 1 is 0.587 bits per heavy atom. The van der Waals surface area contributed by atoms with Crippen LogP contribution in [0.25, 0.3) is 83.3 Å². The van der Waals surface area contributed by atoms with E-state index in [9.17, 15) is 5.11 Å². The van der Waals surface area contributed by atoms with Crippen LogP contribution in [-0.4, -0.2) is 19.6 Å². The maximum absolute atomic E-state index is 11.3. The van der Waals surface area contributed by atoms with Gasteiger partial charge in [0.05, 0.1) is 16.8 Å². The first-order valence-corrected chi connectivity index (χ1v) is 14.8. The van der Waals surface area contributed by atoms with Gasteiger partial charge in [-0.1, -0.05) is 78.9 Å². The summed E-state index contributed by atoms with van der Waals surface area (Å²) in [6.45, 7) is 0. The number of hydrogen-bond donors (Lipinski definition) is 1. The third-order valence-electron chi connectivity index (χ3n) is 8.46. The Morgan fingerprint density at radius 3 is 2.22 bits per heavy atom. The van der Waals surface area contributed by atoms with Crippen LogP contribution in [0.3, 0.4) is 0 Å². The monoisotopic (exact) mass is 773 g/mol. The molecule has 1 N–H and O–H groups in total. The molecule has 0 aliphatic heterocycles. The molecule has 222 valence electrons. The number of rotatable bonds is 4. The van der Waals surface area contributed by atoms with Crippen molar-refractivity contribution in [2.24, 2.45) is 0 Å². The fourth-order valence-electron chi connectivity index (χ4n) is 6.41. The van der Waals surface area contributed by atoms with E-state index < -0.39 is 0 Å². The van der Waals surface area contributed by atoms with Crippen molar-refractivity contribution in [2.45, 2.75) is 0 Å². The fraction of sp³-hybridized carbons (Fsp3) is 0. The minimum atomic E-state index is 0. The third kappa shape index (κ3) is 4.35. The minimum absolute atomic E-state index is 0. The summed E-state index contributed by atoms with van der Waals surface area (Å²) in [6, 6.07) is 49.4. The van der Waals surface area contributed by atoms with E-state index in [2.05, 4.69) is 53.1 Å². The molecular formula is C40H24N3O2Pt-. The number of aromatic nitrogens is 3. The van der Waals surface area contributed by atoms with Crippen molar-refractivity contribution in [3.05, 3.63) is 146 Å². The predicted molar refractivity (Wildman–Crippen MR) is 180 cm³/mol. The topological polar surface area (TPSA) is 64.1 Å². The molecule has 46 heavy (non-hydrogen) atoms. The van der Waals surface area contributed by atoms with Crippen molar-refractivity contribution >= 4 is 43.9 Å². The summed E-state index contributed by atoms with van der Waals surface area (Å²) < 4.78 is 8.72. The van der Waals surface area contributed by atoms with Gasteiger partial charge < -0.3 is 9.52 Å². The summed E-state index contributed by atoms with van der Waals surface area (Å²) in [6.07, 6.45) is 0. The number of hydrogen-bond acceptors (Lipinski definition) is 4. The molecule has 0 spiro atoms. The molecule has 4 heterocycles. The Morgan fingerprint density at radius 2 is 1.35 bits per heavy atom. The van der Waals surface area contributed by atoms with Crippen LogP contribution in [0.5, 0.6) is 5.75 Å². The Hall–Kier alpha value is -5.51. The van der Waals surface area contributed by atoms with E-state index in [4.69, 9.17) is 14.4 Å². The number of benzene rings is 5. The van der Waals surface area contributed by atoms with Crippen molar-refractivity contribution in [1.82, 2.24) is 14.5 Å². The Bertz CT molecular complexity index is 2550. The molecule has 0 unspecified atom stereocenters. The van der Waals surface area contributed by atoms with E-state index in [1.165, 1.54) is 0 Å². The van der Waals surface area contributed by atoms with Crippen LogP contribution in [0, 0.1) is 6.07 Å². The molecule has 9 aromatic rings. The Kier molecular flexibility index (Phi) is 6.78. The van der Waals surface area contributed by atoms with Crippen molar-refractivity contribution in [2.75, 3.05) is 0 Å². The van der Waals surface area contributed by atoms with Gasteiger partial charge in [-0.3, -0.25) is 9.55 Å². The van der Waals surface area contributed by atoms with Crippen LogP contribution in [0.4, 0.5) is 0 Å². The van der Waals surface area contributed by atoms with Crippen LogP contribution in [-0.2, 0) is 21.1 Å². The molecule has 0 radical (unpaired) electrons. The predicted octanol–water partition coefficient (Wildman–Crippen LogP) is 9.98. The van der Waals surface area contributed by atoms with Gasteiger partial charge >= 0.3 is 0 Å². The standard InChI is InChI=1S/C40H24N3O2.Pt/c44-35-24-22-30-29-17-9-16-27(25-11-3-1-4-12-25)38(29)45-39(30)37(35)33-23-21-31-28-15-7-8-19-34(28)43(40(31)42-33)36-20-10-18-32(41-36)26-13-5-2-6-14-26;/h1-13,15-24,44H;/q-1;. The summed E-state index contributed by atoms with van der Waals surface area (Å²) >= 11 is 0. The number of phenols is 1. The van der Waals surface area contributed by atoms with Crippen molar-refractivity contribution in [1.29, 1.82) is 0 Å². The molecule has 0 atom stereocenters. The van der Waals surface area contributed by atoms with E-state index in [0.29, 0.717) is 16.8 Å². The van der Waals surface area contributed by atoms with Gasteiger partial charge in [0.2, 0.25) is 0 Å². The molecule has 0 bridgehead atoms. The molecule has 0 saturated heterocycles. The Labute approximate surface area is 278 Å². The van der Waals surface area contributed by atoms with E-state index in [1.54, 1.807) is 6.07 Å². The number of fused-ring (bicyclic) bond motifs is 6. The summed E-state index contributed by atoms with van der Waals surface area (Å²) in [5.74, 6) is 0.858. The van der Waals surface area contributed by atoms with E-state index in [-0.39, 0.29) is 26.8 Å². The summed E-state index contributed by atoms with van der Waals surface area (Å²) in [5.41, 5.74) is 8.11. The van der Waals surface area contributed by atoms with E-state index in [0.717, 1.165) is 66.5 Å². The number of phenolic OH excluding ortho intramolecular Hbond substituents is 1. The first-order valence-electron chi connectivity index (χ1n) is 14.8. The average Bonchev–Trinajstić information content (AvgIpc) is 3.64. The third-order valence-corrected chi connectivity index (χ3v) is 8.46. The molecule has 5 nitrogen and oxygen atoms in total. The second kappa shape index (κ2) is 11.1. The summed E-state index contributed by atoms with van der Waals surface area (Å²) in [5, 5.41) is 15.3. The molecule has 4 aromatic heterocycles. The maximum atomic E-state index is 11.3. The van der Waals surface area contributed by atoms with Gasteiger partial charge in [-0.2, -0.15) is 0 Å². The zero-order valence-electron chi connectivity index (χ0n) is 24.3. The van der Waals surface area contributed by atoms with Gasteiger partial charge in [0, 0.05) is 48.2 Å². The van der Waals surface area contributed by atoms with Crippen molar-refractivity contribution in [3.8, 4) is 45.2 Å². The molecular weight excluding hydrogens is 750 g/mol. The van der Waals surface area contributed by atoms with Crippen LogP contribution in [0.1, 0.15) is 0 Å². The minimum Gasteiger partial charge on any atom is -0.507 e. The van der Waals surface area contributed by atoms with Crippen LogP contribution < -0.4 is 0 Å². The first-order chi connectivity index (χ1) is 22.2. The van der Waals surface area contributed by atoms with E-state index >= 15 is 0 Å². The average molecular weight is 774 g/mol. The molecule has 6 heteroatoms. The van der Waals surface area contributed by atoms with Gasteiger partial charge in [-0.25, -0.2) is 4.98 Å². The summed E-state index contributed by atoms with van der Waals surface area (Å²) in [4.78, 5) is 10.3. The molecule has 0 fully saturated rings. The van der Waals surface area contributed by atoms with E-state index in [1.807, 2.05) is 91.0 Å². The molecule has 0 amide bonds. The second-order valence-corrected chi connectivity index (χ2v) is 11.1. The van der Waals surface area contributed by atoms with Gasteiger partial charge in [0.15, 0.2) is 0 Å². The second-order valence-electron chi connectivity index (χ2n) is 11.1. The van der Waals surface area contributed by atoms with Gasteiger partial charge in [0.1, 0.15) is 28.4 Å². The molecule has 0 aliphatic rings. The molecule has 5 aromatic carbocycles. The number of para-hydroxylation sites is 2. The van der Waals surface area contributed by atoms with Crippen LogP contribution in [0.2, 0.25) is 0 Å². The summed E-state index contributed by atoms with van der Waals surface area (Å²) in [7, 11) is 0. The van der Waals surface area contributed by atoms with Crippen molar-refractivity contribution in [3.63, 3.8) is 0 Å². The smallest absolute Gasteiger partial charge is 0.148 e. The van der Waals surface area contributed by atoms with Gasteiger partial charge in [0.25, 0.3) is 0 Å². The molecule has 0 aliphatic carbocycles. The normalized spacial score (nSPS) is 11.4. The Balaban J connectivity index is 0.00000312. The fourth-order valence-corrected chi connectivity index (χ4v) is 6.41. The maximum Gasteiger partial charge on any atom is 0.148 e. The molecule has 9 rings (SSSR count). The first kappa shape index (κ1) is 28.0. The number of pyridine rings is 2. The number of furan rings is 1. The largest absolute Gasteiger partial charge is 0.507 e. The quantitative estimate of drug-likeness (QED) is 0.181. The van der Waals surface area contributed by atoms with Crippen LogP contribution in [0.15, 0.2) is 144 Å². The number of nitrogens with zero attached hydrogens (tertiary/aromatic N) is 3.